The first-order valence-corrected chi connectivity index (χ1v) is 10.2. The molecule has 3 rings (SSSR count). The minimum absolute atomic E-state index is 0.215. The number of hydrogen-bond donors (Lipinski definition) is 3. The molecule has 2 aromatic rings. The standard InChI is InChI=1S/C22H30FN5O/c1-3-24-22(26-15-20(29)17-5-7-18(23)8-6-17)27-19-10-12-28(13-11-19)21-9-4-16(2)14-25-21/h4-9,14,19-20,29H,3,10-13,15H2,1-2H3,(H2,24,26,27). The van der Waals surface area contributed by atoms with E-state index in [1.807, 2.05) is 20.0 Å². The zero-order valence-corrected chi connectivity index (χ0v) is 17.1. The lowest BCUT2D eigenvalue weighted by atomic mass is 10.1. The topological polar surface area (TPSA) is 72.8 Å². The number of aliphatic hydroxyl groups is 1. The van der Waals surface area contributed by atoms with Crippen LogP contribution in [0, 0.1) is 12.7 Å². The van der Waals surface area contributed by atoms with Crippen molar-refractivity contribution in [1.29, 1.82) is 0 Å². The van der Waals surface area contributed by atoms with Crippen molar-refractivity contribution in [2.45, 2.75) is 38.8 Å². The van der Waals surface area contributed by atoms with Crippen molar-refractivity contribution in [2.24, 2.45) is 4.99 Å². The molecule has 0 radical (unpaired) electrons. The Kier molecular flexibility index (Phi) is 7.41. The molecule has 156 valence electrons. The van der Waals surface area contributed by atoms with Crippen molar-refractivity contribution in [2.75, 3.05) is 31.1 Å². The summed E-state index contributed by atoms with van der Waals surface area (Å²) >= 11 is 0. The van der Waals surface area contributed by atoms with E-state index in [1.54, 1.807) is 12.1 Å². The smallest absolute Gasteiger partial charge is 0.191 e. The summed E-state index contributed by atoms with van der Waals surface area (Å²) in [7, 11) is 0. The van der Waals surface area contributed by atoms with Gasteiger partial charge in [-0.1, -0.05) is 18.2 Å². The van der Waals surface area contributed by atoms with E-state index in [1.165, 1.54) is 17.7 Å². The van der Waals surface area contributed by atoms with E-state index in [2.05, 4.69) is 37.6 Å². The van der Waals surface area contributed by atoms with Crippen LogP contribution >= 0.6 is 0 Å². The first kappa shape index (κ1) is 21.0. The molecule has 29 heavy (non-hydrogen) atoms. The second-order valence-electron chi connectivity index (χ2n) is 7.39. The summed E-state index contributed by atoms with van der Waals surface area (Å²) in [5.41, 5.74) is 1.82. The normalized spacial score (nSPS) is 16.6. The molecule has 6 nitrogen and oxygen atoms in total. The second kappa shape index (κ2) is 10.2. The highest BCUT2D eigenvalue weighted by Crippen LogP contribution is 2.18. The van der Waals surface area contributed by atoms with Gasteiger partial charge < -0.3 is 20.6 Å². The lowest BCUT2D eigenvalue weighted by molar-refractivity contribution is 0.187. The van der Waals surface area contributed by atoms with E-state index in [0.29, 0.717) is 17.6 Å². The van der Waals surface area contributed by atoms with Gasteiger partial charge in [-0.15, -0.1) is 0 Å². The average Bonchev–Trinajstić information content (AvgIpc) is 2.74. The number of piperidine rings is 1. The molecule has 0 aliphatic carbocycles. The molecule has 0 spiro atoms. The molecule has 3 N–H and O–H groups in total. The summed E-state index contributed by atoms with van der Waals surface area (Å²) in [4.78, 5) is 11.3. The van der Waals surface area contributed by atoms with Gasteiger partial charge in [-0.05, 0) is 56.0 Å². The minimum atomic E-state index is -0.763. The van der Waals surface area contributed by atoms with Crippen molar-refractivity contribution < 1.29 is 9.50 Å². The number of guanidine groups is 1. The van der Waals surface area contributed by atoms with Gasteiger partial charge in [-0.25, -0.2) is 9.37 Å². The highest BCUT2D eigenvalue weighted by molar-refractivity contribution is 5.80. The third-order valence-electron chi connectivity index (χ3n) is 5.08. The first-order valence-electron chi connectivity index (χ1n) is 10.2. The lowest BCUT2D eigenvalue weighted by Gasteiger charge is -2.34. The maximum atomic E-state index is 13.0. The van der Waals surface area contributed by atoms with Crippen molar-refractivity contribution in [3.63, 3.8) is 0 Å². The van der Waals surface area contributed by atoms with Crippen molar-refractivity contribution in [3.05, 3.63) is 59.5 Å². The van der Waals surface area contributed by atoms with Crippen LogP contribution in [0.15, 0.2) is 47.6 Å². The zero-order chi connectivity index (χ0) is 20.6. The Morgan fingerprint density at radius 1 is 1.24 bits per heavy atom. The molecule has 1 unspecified atom stereocenters. The molecule has 0 saturated carbocycles. The molecule has 1 aromatic heterocycles. The summed E-state index contributed by atoms with van der Waals surface area (Å²) in [6.45, 7) is 6.88. The lowest BCUT2D eigenvalue weighted by Crippen LogP contribution is -2.49. The Morgan fingerprint density at radius 2 is 1.97 bits per heavy atom. The van der Waals surface area contributed by atoms with Gasteiger partial charge in [0.25, 0.3) is 0 Å². The van der Waals surface area contributed by atoms with Gasteiger partial charge >= 0.3 is 0 Å². The molecule has 1 aliphatic heterocycles. The Bertz CT molecular complexity index is 786. The molecular weight excluding hydrogens is 369 g/mol. The maximum absolute atomic E-state index is 13.0. The second-order valence-corrected chi connectivity index (χ2v) is 7.39. The van der Waals surface area contributed by atoms with E-state index in [0.717, 1.165) is 38.3 Å². The van der Waals surface area contributed by atoms with E-state index in [9.17, 15) is 9.50 Å². The van der Waals surface area contributed by atoms with Crippen LogP contribution < -0.4 is 15.5 Å². The van der Waals surface area contributed by atoms with Gasteiger partial charge in [0, 0.05) is 31.9 Å². The number of aliphatic imine (C=N–C) groups is 1. The van der Waals surface area contributed by atoms with Gasteiger partial charge in [-0.3, -0.25) is 4.99 Å². The van der Waals surface area contributed by atoms with Gasteiger partial charge in [0.1, 0.15) is 11.6 Å². The van der Waals surface area contributed by atoms with Gasteiger partial charge in [-0.2, -0.15) is 0 Å². The van der Waals surface area contributed by atoms with Crippen molar-refractivity contribution in [3.8, 4) is 0 Å². The van der Waals surface area contributed by atoms with Crippen LogP contribution in [0.25, 0.3) is 0 Å². The van der Waals surface area contributed by atoms with Crippen LogP contribution in [0.2, 0.25) is 0 Å². The number of aryl methyl sites for hydroxylation is 1. The molecule has 7 heteroatoms. The fourth-order valence-corrected chi connectivity index (χ4v) is 3.38. The maximum Gasteiger partial charge on any atom is 0.191 e. The number of nitrogens with zero attached hydrogens (tertiary/aromatic N) is 3. The predicted molar refractivity (Wildman–Crippen MR) is 115 cm³/mol. The quantitative estimate of drug-likeness (QED) is 0.515. The number of halogens is 1. The highest BCUT2D eigenvalue weighted by atomic mass is 19.1. The van der Waals surface area contributed by atoms with Gasteiger partial charge in [0.05, 0.1) is 12.6 Å². The van der Waals surface area contributed by atoms with Crippen LogP contribution in [0.1, 0.15) is 37.0 Å². The first-order chi connectivity index (χ1) is 14.0. The molecule has 2 heterocycles. The Balaban J connectivity index is 1.53. The third-order valence-corrected chi connectivity index (χ3v) is 5.08. The fourth-order valence-electron chi connectivity index (χ4n) is 3.38. The monoisotopic (exact) mass is 399 g/mol. The van der Waals surface area contributed by atoms with Crippen molar-refractivity contribution in [1.82, 2.24) is 15.6 Å². The number of rotatable bonds is 6. The Hall–Kier alpha value is -2.67. The number of nitrogens with one attached hydrogen (secondary N) is 2. The average molecular weight is 400 g/mol. The number of benzene rings is 1. The molecule has 1 aromatic carbocycles. The van der Waals surface area contributed by atoms with E-state index in [-0.39, 0.29) is 12.4 Å². The summed E-state index contributed by atoms with van der Waals surface area (Å²) in [5, 5.41) is 17.0. The Morgan fingerprint density at radius 3 is 2.59 bits per heavy atom. The molecule has 1 saturated heterocycles. The minimum Gasteiger partial charge on any atom is -0.386 e. The summed E-state index contributed by atoms with van der Waals surface area (Å²) in [5.74, 6) is 1.41. The van der Waals surface area contributed by atoms with E-state index >= 15 is 0 Å². The van der Waals surface area contributed by atoms with Gasteiger partial charge in [0.15, 0.2) is 5.96 Å². The third kappa shape index (κ3) is 6.15. The molecule has 1 aliphatic rings. The van der Waals surface area contributed by atoms with Gasteiger partial charge in [0.2, 0.25) is 0 Å². The van der Waals surface area contributed by atoms with E-state index in [4.69, 9.17) is 0 Å². The molecule has 0 amide bonds. The van der Waals surface area contributed by atoms with Crippen LogP contribution in [0.3, 0.4) is 0 Å². The summed E-state index contributed by atoms with van der Waals surface area (Å²) < 4.78 is 13.0. The SMILES string of the molecule is CCNC(=NCC(O)c1ccc(F)cc1)NC1CCN(c2ccc(C)cn2)CC1. The predicted octanol–water partition coefficient (Wildman–Crippen LogP) is 2.79. The number of pyridine rings is 1. The molecule has 1 atom stereocenters. The molecule has 0 bridgehead atoms. The molecular formula is C22H30FN5O. The van der Waals surface area contributed by atoms with Crippen LogP contribution in [0.5, 0.6) is 0 Å². The largest absolute Gasteiger partial charge is 0.386 e. The fraction of sp³-hybridized carbons (Fsp3) is 0.455. The summed E-state index contributed by atoms with van der Waals surface area (Å²) in [6.07, 6.45) is 3.11. The van der Waals surface area contributed by atoms with Crippen molar-refractivity contribution >= 4 is 11.8 Å². The number of hydrogen-bond acceptors (Lipinski definition) is 4. The molecule has 1 fully saturated rings. The number of aliphatic hydroxyl groups excluding tert-OH is 1. The highest BCUT2D eigenvalue weighted by Gasteiger charge is 2.21. The zero-order valence-electron chi connectivity index (χ0n) is 17.1. The number of anilines is 1. The van der Waals surface area contributed by atoms with E-state index < -0.39 is 6.10 Å². The number of aromatic nitrogens is 1. The van der Waals surface area contributed by atoms with Crippen LogP contribution in [-0.4, -0.2) is 48.3 Å². The van der Waals surface area contributed by atoms with Crippen LogP contribution in [-0.2, 0) is 0 Å². The Labute approximate surface area is 171 Å². The summed E-state index contributed by atoms with van der Waals surface area (Å²) in [6, 6.07) is 10.4. The van der Waals surface area contributed by atoms with Crippen LogP contribution in [0.4, 0.5) is 10.2 Å².